The number of carbonyl (C=O) groups excluding carboxylic acids is 2. The van der Waals surface area contributed by atoms with Gasteiger partial charge in [0, 0.05) is 24.9 Å². The molecule has 2 atom stereocenters. The number of hydrogen-bond acceptors (Lipinski definition) is 5. The van der Waals surface area contributed by atoms with Crippen LogP contribution < -0.4 is 15.6 Å². The Labute approximate surface area is 215 Å². The van der Waals surface area contributed by atoms with Gasteiger partial charge in [-0.25, -0.2) is 18.2 Å². The molecule has 2 N–H and O–H groups in total. The molecule has 0 radical (unpaired) electrons. The van der Waals surface area contributed by atoms with Gasteiger partial charge in [0.15, 0.2) is 17.3 Å². The average molecular weight is 554 g/mol. The maximum absolute atomic E-state index is 14.9. The van der Waals surface area contributed by atoms with Crippen LogP contribution in [0.15, 0.2) is 35.3 Å². The molecule has 3 aromatic rings. The van der Waals surface area contributed by atoms with Crippen LogP contribution in [0.25, 0.3) is 16.7 Å². The molecule has 1 aliphatic heterocycles. The molecular formula is C25H20F6N4O4. The number of fused-ring (bicyclic) bond motifs is 1. The highest BCUT2D eigenvalue weighted by atomic mass is 19.4. The Bertz CT molecular complexity index is 1530. The van der Waals surface area contributed by atoms with E-state index in [1.165, 1.54) is 11.0 Å². The van der Waals surface area contributed by atoms with Gasteiger partial charge in [-0.3, -0.25) is 23.9 Å². The van der Waals surface area contributed by atoms with Crippen LogP contribution in [-0.2, 0) is 4.79 Å². The summed E-state index contributed by atoms with van der Waals surface area (Å²) in [5.74, 6) is -7.66. The summed E-state index contributed by atoms with van der Waals surface area (Å²) in [6.07, 6.45) is -3.43. The van der Waals surface area contributed by atoms with Gasteiger partial charge in [-0.05, 0) is 37.3 Å². The second-order valence-corrected chi connectivity index (χ2v) is 9.49. The van der Waals surface area contributed by atoms with E-state index in [4.69, 9.17) is 0 Å². The number of rotatable bonds is 6. The van der Waals surface area contributed by atoms with Crippen molar-refractivity contribution < 1.29 is 41.0 Å². The number of hydrogen-bond donors (Lipinski definition) is 2. The number of aliphatic hydroxyl groups excluding tert-OH is 1. The predicted octanol–water partition coefficient (Wildman–Crippen LogP) is 3.22. The van der Waals surface area contributed by atoms with Crippen molar-refractivity contribution in [3.8, 4) is 5.69 Å². The van der Waals surface area contributed by atoms with Crippen molar-refractivity contribution in [2.45, 2.75) is 31.5 Å². The summed E-state index contributed by atoms with van der Waals surface area (Å²) in [5.41, 5.74) is -3.31. The van der Waals surface area contributed by atoms with E-state index in [0.717, 1.165) is 6.07 Å². The fourth-order valence-corrected chi connectivity index (χ4v) is 4.69. The number of halogens is 6. The Morgan fingerprint density at radius 1 is 1.10 bits per heavy atom. The van der Waals surface area contributed by atoms with Crippen LogP contribution in [0.5, 0.6) is 0 Å². The van der Waals surface area contributed by atoms with E-state index in [-0.39, 0.29) is 25.2 Å². The SMILES string of the molecule is O=C(NC(C1CC1)C(F)(F)F)c1cn(-c2c(F)cc(F)cc2F)c2nc(N3CCC(CO)C3=O)ccc2c1=O. The molecule has 14 heteroatoms. The lowest BCUT2D eigenvalue weighted by molar-refractivity contribution is -0.158. The molecule has 1 aliphatic carbocycles. The summed E-state index contributed by atoms with van der Waals surface area (Å²) in [5, 5.41) is 10.8. The topological polar surface area (TPSA) is 105 Å². The van der Waals surface area contributed by atoms with Gasteiger partial charge < -0.3 is 10.4 Å². The van der Waals surface area contributed by atoms with Crippen LogP contribution in [0, 0.1) is 29.3 Å². The van der Waals surface area contributed by atoms with Crippen LogP contribution in [0.1, 0.15) is 29.6 Å². The first-order chi connectivity index (χ1) is 18.4. The summed E-state index contributed by atoms with van der Waals surface area (Å²) in [6.45, 7) is -0.273. The van der Waals surface area contributed by atoms with Crippen molar-refractivity contribution in [1.82, 2.24) is 14.9 Å². The number of nitrogens with one attached hydrogen (secondary N) is 1. The summed E-state index contributed by atoms with van der Waals surface area (Å²) in [7, 11) is 0. The van der Waals surface area contributed by atoms with Gasteiger partial charge in [0.2, 0.25) is 11.3 Å². The van der Waals surface area contributed by atoms with Crippen LogP contribution in [-0.4, -0.2) is 51.8 Å². The maximum atomic E-state index is 14.9. The highest BCUT2D eigenvalue weighted by Crippen LogP contribution is 2.40. The lowest BCUT2D eigenvalue weighted by Gasteiger charge is -2.22. The third kappa shape index (κ3) is 4.84. The zero-order valence-corrected chi connectivity index (χ0v) is 19.9. The smallest absolute Gasteiger partial charge is 0.396 e. The first-order valence-electron chi connectivity index (χ1n) is 11.9. The summed E-state index contributed by atoms with van der Waals surface area (Å²) < 4.78 is 84.5. The van der Waals surface area contributed by atoms with E-state index >= 15 is 0 Å². The molecule has 1 aromatic carbocycles. The average Bonchev–Trinajstić information content (AvgIpc) is 3.63. The second-order valence-electron chi connectivity index (χ2n) is 9.49. The maximum Gasteiger partial charge on any atom is 0.408 e. The predicted molar refractivity (Wildman–Crippen MR) is 125 cm³/mol. The lowest BCUT2D eigenvalue weighted by atomic mass is 10.1. The molecule has 2 aliphatic rings. The highest BCUT2D eigenvalue weighted by molar-refractivity contribution is 5.99. The fraction of sp³-hybridized carbons (Fsp3) is 0.360. The Kier molecular flexibility index (Phi) is 6.61. The lowest BCUT2D eigenvalue weighted by Crippen LogP contribution is -2.48. The molecule has 0 bridgehead atoms. The number of nitrogens with zero attached hydrogens (tertiary/aromatic N) is 3. The third-order valence-electron chi connectivity index (χ3n) is 6.85. The Morgan fingerprint density at radius 2 is 1.77 bits per heavy atom. The van der Waals surface area contributed by atoms with Crippen molar-refractivity contribution in [2.24, 2.45) is 11.8 Å². The van der Waals surface area contributed by atoms with Gasteiger partial charge in [0.05, 0.1) is 17.9 Å². The van der Waals surface area contributed by atoms with Crippen LogP contribution in [0.3, 0.4) is 0 Å². The van der Waals surface area contributed by atoms with Gasteiger partial charge in [-0.2, -0.15) is 13.2 Å². The number of anilines is 1. The van der Waals surface area contributed by atoms with Gasteiger partial charge >= 0.3 is 6.18 Å². The van der Waals surface area contributed by atoms with Crippen LogP contribution in [0.4, 0.5) is 32.2 Å². The standard InChI is InChI=1S/C25H20F6N4O4/c26-13-7-16(27)19(17(28)8-13)35-9-15(23(38)33-21(11-1-2-11)25(29,30)31)20(37)14-3-4-18(32-22(14)35)34-6-5-12(10-36)24(34)39/h3-4,7-9,11-12,21,36H,1-2,5-6,10H2,(H,33,38). The number of benzene rings is 1. The molecule has 2 fully saturated rings. The number of carbonyl (C=O) groups is 2. The van der Waals surface area contributed by atoms with Gasteiger partial charge in [0.1, 0.15) is 28.9 Å². The van der Waals surface area contributed by atoms with E-state index in [1.807, 2.05) is 5.32 Å². The Hall–Kier alpha value is -3.94. The zero-order chi connectivity index (χ0) is 28.2. The van der Waals surface area contributed by atoms with Gasteiger partial charge in [0.25, 0.3) is 5.91 Å². The van der Waals surface area contributed by atoms with E-state index in [1.54, 1.807) is 0 Å². The van der Waals surface area contributed by atoms with Gasteiger partial charge in [-0.1, -0.05) is 0 Å². The van der Waals surface area contributed by atoms with Crippen LogP contribution >= 0.6 is 0 Å². The monoisotopic (exact) mass is 554 g/mol. The number of alkyl halides is 3. The third-order valence-corrected chi connectivity index (χ3v) is 6.85. The first kappa shape index (κ1) is 26.7. The number of amides is 2. The molecule has 2 amide bonds. The molecular weight excluding hydrogens is 534 g/mol. The van der Waals surface area contributed by atoms with E-state index in [9.17, 15) is 45.8 Å². The minimum absolute atomic E-state index is 0.0393. The molecule has 1 saturated heterocycles. The minimum Gasteiger partial charge on any atom is -0.396 e. The molecule has 2 aromatic heterocycles. The number of aliphatic hydroxyl groups is 1. The zero-order valence-electron chi connectivity index (χ0n) is 19.9. The normalized spacial score (nSPS) is 18.6. The van der Waals surface area contributed by atoms with E-state index in [2.05, 4.69) is 4.98 Å². The molecule has 1 saturated carbocycles. The highest BCUT2D eigenvalue weighted by Gasteiger charge is 2.50. The minimum atomic E-state index is -4.80. The molecule has 0 spiro atoms. The molecule has 39 heavy (non-hydrogen) atoms. The number of pyridine rings is 2. The van der Waals surface area contributed by atoms with E-state index < -0.39 is 87.6 Å². The quantitative estimate of drug-likeness (QED) is 0.456. The van der Waals surface area contributed by atoms with Crippen molar-refractivity contribution in [2.75, 3.05) is 18.1 Å². The van der Waals surface area contributed by atoms with Crippen molar-refractivity contribution >= 4 is 28.7 Å². The summed E-state index contributed by atoms with van der Waals surface area (Å²) >= 11 is 0. The van der Waals surface area contributed by atoms with Crippen LogP contribution in [0.2, 0.25) is 0 Å². The largest absolute Gasteiger partial charge is 0.408 e. The van der Waals surface area contributed by atoms with E-state index in [0.29, 0.717) is 29.3 Å². The molecule has 2 unspecified atom stereocenters. The number of aromatic nitrogens is 2. The Morgan fingerprint density at radius 3 is 2.33 bits per heavy atom. The fourth-order valence-electron chi connectivity index (χ4n) is 4.69. The van der Waals surface area contributed by atoms with Crippen molar-refractivity contribution in [3.63, 3.8) is 0 Å². The summed E-state index contributed by atoms with van der Waals surface area (Å²) in [6, 6.07) is 0.805. The van der Waals surface area contributed by atoms with Crippen molar-refractivity contribution in [1.29, 1.82) is 0 Å². The Balaban J connectivity index is 1.69. The molecule has 8 nitrogen and oxygen atoms in total. The molecule has 3 heterocycles. The first-order valence-corrected chi connectivity index (χ1v) is 11.9. The second kappa shape index (κ2) is 9.67. The summed E-state index contributed by atoms with van der Waals surface area (Å²) in [4.78, 5) is 44.1. The molecule has 5 rings (SSSR count). The molecule has 206 valence electrons. The van der Waals surface area contributed by atoms with Crippen molar-refractivity contribution in [3.05, 3.63) is 63.7 Å². The van der Waals surface area contributed by atoms with Gasteiger partial charge in [-0.15, -0.1) is 0 Å².